The quantitative estimate of drug-likeness (QED) is 0.758. The molecule has 0 aromatic carbocycles. The summed E-state index contributed by atoms with van der Waals surface area (Å²) in [6.45, 7) is 8.39. The maximum absolute atomic E-state index is 8.82. The van der Waals surface area contributed by atoms with Crippen LogP contribution in [0.2, 0.25) is 0 Å². The molecular weight excluding hydrogens is 190 g/mol. The maximum Gasteiger partial charge on any atom is 0.129 e. The number of rotatable bonds is 6. The Hall–Kier alpha value is -0.800. The van der Waals surface area contributed by atoms with Crippen molar-refractivity contribution in [2.24, 2.45) is 11.8 Å². The van der Waals surface area contributed by atoms with Crippen molar-refractivity contribution in [1.82, 2.24) is 5.32 Å². The number of hydrogen-bond acceptors (Lipinski definition) is 3. The van der Waals surface area contributed by atoms with Crippen molar-refractivity contribution in [3.8, 4) is 0 Å². The Morgan fingerprint density at radius 1 is 1.27 bits per heavy atom. The maximum atomic E-state index is 8.82. The third-order valence-electron chi connectivity index (χ3n) is 2.78. The summed E-state index contributed by atoms with van der Waals surface area (Å²) >= 11 is 0. The lowest BCUT2D eigenvalue weighted by Crippen LogP contribution is -2.23. The van der Waals surface area contributed by atoms with Crippen LogP contribution in [0.4, 0.5) is 0 Å². The SMILES string of the molecule is CC(C)C(C)CNCc1ccc(CO)o1. The molecule has 1 unspecified atom stereocenters. The van der Waals surface area contributed by atoms with Crippen LogP contribution in [0.1, 0.15) is 32.3 Å². The van der Waals surface area contributed by atoms with Crippen LogP contribution in [0.25, 0.3) is 0 Å². The molecule has 0 radical (unpaired) electrons. The highest BCUT2D eigenvalue weighted by atomic mass is 16.4. The zero-order chi connectivity index (χ0) is 11.3. The Balaban J connectivity index is 2.25. The minimum atomic E-state index is -0.0254. The second-order valence-corrected chi connectivity index (χ2v) is 4.38. The van der Waals surface area contributed by atoms with E-state index in [1.807, 2.05) is 12.1 Å². The number of hydrogen-bond donors (Lipinski definition) is 2. The fraction of sp³-hybridized carbons (Fsp3) is 0.667. The van der Waals surface area contributed by atoms with Gasteiger partial charge >= 0.3 is 0 Å². The van der Waals surface area contributed by atoms with Gasteiger partial charge in [0.2, 0.25) is 0 Å². The number of aliphatic hydroxyl groups excluding tert-OH is 1. The zero-order valence-corrected chi connectivity index (χ0v) is 9.79. The van der Waals surface area contributed by atoms with Crippen molar-refractivity contribution in [3.63, 3.8) is 0 Å². The van der Waals surface area contributed by atoms with E-state index in [1.165, 1.54) is 0 Å². The fourth-order valence-electron chi connectivity index (χ4n) is 1.26. The van der Waals surface area contributed by atoms with Gasteiger partial charge in [-0.25, -0.2) is 0 Å². The largest absolute Gasteiger partial charge is 0.462 e. The summed E-state index contributed by atoms with van der Waals surface area (Å²) in [6, 6.07) is 3.71. The van der Waals surface area contributed by atoms with Gasteiger partial charge in [-0.05, 0) is 30.5 Å². The van der Waals surface area contributed by atoms with Crippen LogP contribution < -0.4 is 5.32 Å². The predicted octanol–water partition coefficient (Wildman–Crippen LogP) is 2.15. The lowest BCUT2D eigenvalue weighted by atomic mass is 9.98. The monoisotopic (exact) mass is 211 g/mol. The van der Waals surface area contributed by atoms with Crippen LogP contribution in [0.5, 0.6) is 0 Å². The van der Waals surface area contributed by atoms with E-state index in [4.69, 9.17) is 9.52 Å². The van der Waals surface area contributed by atoms with Crippen LogP contribution in [0.3, 0.4) is 0 Å². The molecule has 0 bridgehead atoms. The number of nitrogens with one attached hydrogen (secondary N) is 1. The van der Waals surface area contributed by atoms with Crippen molar-refractivity contribution < 1.29 is 9.52 Å². The first-order valence-corrected chi connectivity index (χ1v) is 5.52. The van der Waals surface area contributed by atoms with Crippen molar-refractivity contribution in [1.29, 1.82) is 0 Å². The van der Waals surface area contributed by atoms with E-state index >= 15 is 0 Å². The van der Waals surface area contributed by atoms with Crippen molar-refractivity contribution in [3.05, 3.63) is 23.7 Å². The minimum absolute atomic E-state index is 0.0254. The number of aliphatic hydroxyl groups is 1. The third-order valence-corrected chi connectivity index (χ3v) is 2.78. The molecule has 1 heterocycles. The standard InChI is InChI=1S/C12H21NO2/c1-9(2)10(3)6-13-7-11-4-5-12(8-14)15-11/h4-5,9-10,13-14H,6-8H2,1-3H3. The Labute approximate surface area is 91.5 Å². The summed E-state index contributed by atoms with van der Waals surface area (Å²) in [4.78, 5) is 0. The Kier molecular flexibility index (Phi) is 4.85. The van der Waals surface area contributed by atoms with Crippen LogP contribution in [0.15, 0.2) is 16.5 Å². The van der Waals surface area contributed by atoms with Crippen molar-refractivity contribution in [2.45, 2.75) is 33.9 Å². The van der Waals surface area contributed by atoms with Crippen molar-refractivity contribution in [2.75, 3.05) is 6.54 Å². The molecule has 1 aromatic heterocycles. The molecule has 0 saturated carbocycles. The van der Waals surface area contributed by atoms with Crippen LogP contribution in [-0.2, 0) is 13.2 Å². The first-order valence-electron chi connectivity index (χ1n) is 5.52. The van der Waals surface area contributed by atoms with Gasteiger partial charge in [0.15, 0.2) is 0 Å². The summed E-state index contributed by atoms with van der Waals surface area (Å²) in [5.74, 6) is 2.87. The average Bonchev–Trinajstić information content (AvgIpc) is 2.65. The number of furan rings is 1. The average molecular weight is 211 g/mol. The smallest absolute Gasteiger partial charge is 0.129 e. The van der Waals surface area contributed by atoms with Gasteiger partial charge in [-0.2, -0.15) is 0 Å². The molecule has 1 rings (SSSR count). The molecule has 0 aliphatic carbocycles. The molecule has 0 fully saturated rings. The van der Waals surface area contributed by atoms with Gasteiger partial charge in [-0.1, -0.05) is 20.8 Å². The molecule has 3 nitrogen and oxygen atoms in total. The van der Waals surface area contributed by atoms with Gasteiger partial charge in [-0.15, -0.1) is 0 Å². The highest BCUT2D eigenvalue weighted by Crippen LogP contribution is 2.10. The van der Waals surface area contributed by atoms with Crippen molar-refractivity contribution >= 4 is 0 Å². The second kappa shape index (κ2) is 5.93. The molecule has 0 spiro atoms. The van der Waals surface area contributed by atoms with Gasteiger partial charge in [0.05, 0.1) is 6.54 Å². The van der Waals surface area contributed by atoms with Gasteiger partial charge in [0, 0.05) is 0 Å². The van der Waals surface area contributed by atoms with E-state index in [1.54, 1.807) is 0 Å². The predicted molar refractivity (Wildman–Crippen MR) is 60.3 cm³/mol. The van der Waals surface area contributed by atoms with E-state index in [-0.39, 0.29) is 6.61 Å². The van der Waals surface area contributed by atoms with E-state index in [9.17, 15) is 0 Å². The first-order chi connectivity index (χ1) is 7.13. The lowest BCUT2D eigenvalue weighted by molar-refractivity contribution is 0.242. The third kappa shape index (κ3) is 4.06. The molecule has 0 amide bonds. The second-order valence-electron chi connectivity index (χ2n) is 4.38. The highest BCUT2D eigenvalue weighted by molar-refractivity contribution is 5.05. The molecule has 3 heteroatoms. The molecule has 15 heavy (non-hydrogen) atoms. The summed E-state index contributed by atoms with van der Waals surface area (Å²) in [6.07, 6.45) is 0. The van der Waals surface area contributed by atoms with Crippen LogP contribution in [-0.4, -0.2) is 11.7 Å². The summed E-state index contributed by atoms with van der Waals surface area (Å²) < 4.78 is 5.36. The Bertz CT molecular complexity index is 281. The van der Waals surface area contributed by atoms with E-state index in [0.29, 0.717) is 17.6 Å². The van der Waals surface area contributed by atoms with E-state index in [2.05, 4.69) is 26.1 Å². The molecular formula is C12H21NO2. The Morgan fingerprint density at radius 3 is 2.47 bits per heavy atom. The summed E-state index contributed by atoms with van der Waals surface area (Å²) in [5, 5.41) is 12.2. The normalized spacial score (nSPS) is 13.4. The Morgan fingerprint density at radius 2 is 1.93 bits per heavy atom. The summed E-state index contributed by atoms with van der Waals surface area (Å²) in [5.41, 5.74) is 0. The van der Waals surface area contributed by atoms with E-state index in [0.717, 1.165) is 18.8 Å². The highest BCUT2D eigenvalue weighted by Gasteiger charge is 2.06. The van der Waals surface area contributed by atoms with Gasteiger partial charge in [0.1, 0.15) is 18.1 Å². The van der Waals surface area contributed by atoms with Gasteiger partial charge in [-0.3, -0.25) is 0 Å². The molecule has 86 valence electrons. The molecule has 0 aliphatic rings. The minimum Gasteiger partial charge on any atom is -0.462 e. The van der Waals surface area contributed by atoms with Gasteiger partial charge < -0.3 is 14.8 Å². The molecule has 0 aliphatic heterocycles. The van der Waals surface area contributed by atoms with Gasteiger partial charge in [0.25, 0.3) is 0 Å². The molecule has 2 N–H and O–H groups in total. The van der Waals surface area contributed by atoms with Crippen LogP contribution in [0, 0.1) is 11.8 Å². The lowest BCUT2D eigenvalue weighted by Gasteiger charge is -2.15. The van der Waals surface area contributed by atoms with Crippen LogP contribution >= 0.6 is 0 Å². The topological polar surface area (TPSA) is 45.4 Å². The summed E-state index contributed by atoms with van der Waals surface area (Å²) in [7, 11) is 0. The molecule has 1 aromatic rings. The van der Waals surface area contributed by atoms with E-state index < -0.39 is 0 Å². The molecule has 1 atom stereocenters. The molecule has 0 saturated heterocycles. The first kappa shape index (κ1) is 12.3. The fourth-order valence-corrected chi connectivity index (χ4v) is 1.26. The zero-order valence-electron chi connectivity index (χ0n) is 9.79.